The third kappa shape index (κ3) is 4.93. The van der Waals surface area contributed by atoms with Crippen molar-refractivity contribution < 1.29 is 14.3 Å². The van der Waals surface area contributed by atoms with Crippen LogP contribution < -0.4 is 0 Å². The molecule has 0 aliphatic rings. The number of carbonyl (C=O) groups excluding carboxylic acids is 1. The van der Waals surface area contributed by atoms with Crippen LogP contribution >= 0.6 is 0 Å². The molecule has 0 spiro atoms. The molecule has 0 N–H and O–H groups in total. The number of nitrogens with zero attached hydrogens (tertiary/aromatic N) is 2. The molecule has 1 aromatic heterocycles. The van der Waals surface area contributed by atoms with Crippen LogP contribution in [0.15, 0.2) is 0 Å². The van der Waals surface area contributed by atoms with Crippen molar-refractivity contribution in [3.63, 3.8) is 0 Å². The summed E-state index contributed by atoms with van der Waals surface area (Å²) in [5, 5.41) is 4.59. The van der Waals surface area contributed by atoms with E-state index >= 15 is 0 Å². The van der Waals surface area contributed by atoms with E-state index in [1.165, 1.54) is 0 Å². The summed E-state index contributed by atoms with van der Waals surface area (Å²) in [7, 11) is 1.69. The molecule has 0 bridgehead atoms. The summed E-state index contributed by atoms with van der Waals surface area (Å²) in [5.74, 6) is 0.191. The van der Waals surface area contributed by atoms with Gasteiger partial charge in [-0.25, -0.2) is 0 Å². The molecule has 120 valence electrons. The number of hydrogen-bond donors (Lipinski definition) is 0. The highest BCUT2D eigenvalue weighted by molar-refractivity contribution is 5.98. The Morgan fingerprint density at radius 2 is 1.90 bits per heavy atom. The van der Waals surface area contributed by atoms with Crippen LogP contribution in [0.5, 0.6) is 0 Å². The Morgan fingerprint density at radius 1 is 1.14 bits per heavy atom. The molecular weight excluding hydrogens is 268 g/mol. The van der Waals surface area contributed by atoms with Crippen molar-refractivity contribution in [2.24, 2.45) is 0 Å². The summed E-state index contributed by atoms with van der Waals surface area (Å²) in [5.41, 5.74) is 2.79. The van der Waals surface area contributed by atoms with E-state index in [1.807, 2.05) is 18.5 Å². The number of ether oxygens (including phenoxy) is 2. The first kappa shape index (κ1) is 17.9. The van der Waals surface area contributed by atoms with Crippen LogP contribution in [0.3, 0.4) is 0 Å². The average molecular weight is 296 g/mol. The van der Waals surface area contributed by atoms with E-state index in [0.717, 1.165) is 42.8 Å². The maximum Gasteiger partial charge on any atom is 0.166 e. The fraction of sp³-hybridized carbons (Fsp3) is 0.750. The second-order valence-electron chi connectivity index (χ2n) is 4.93. The van der Waals surface area contributed by atoms with Gasteiger partial charge in [-0.15, -0.1) is 0 Å². The molecule has 0 unspecified atom stereocenters. The SMILES string of the molecule is CCC(=O)c1c(CC)nn(CCOCCCOC)c1CC. The monoisotopic (exact) mass is 296 g/mol. The van der Waals surface area contributed by atoms with Gasteiger partial charge < -0.3 is 9.47 Å². The van der Waals surface area contributed by atoms with Crippen LogP contribution in [0.4, 0.5) is 0 Å². The molecule has 0 aliphatic carbocycles. The summed E-state index contributed by atoms with van der Waals surface area (Å²) >= 11 is 0. The van der Waals surface area contributed by atoms with Crippen LogP contribution in [-0.4, -0.2) is 42.5 Å². The van der Waals surface area contributed by atoms with Gasteiger partial charge in [0.15, 0.2) is 5.78 Å². The fourth-order valence-corrected chi connectivity index (χ4v) is 2.40. The molecule has 1 rings (SSSR count). The molecule has 0 aromatic carbocycles. The number of rotatable bonds is 11. The maximum atomic E-state index is 12.1. The smallest absolute Gasteiger partial charge is 0.166 e. The zero-order chi connectivity index (χ0) is 15.7. The second kappa shape index (κ2) is 9.68. The van der Waals surface area contributed by atoms with Crippen LogP contribution in [0, 0.1) is 0 Å². The summed E-state index contributed by atoms with van der Waals surface area (Å²) in [6.07, 6.45) is 3.03. The predicted molar refractivity (Wildman–Crippen MR) is 82.9 cm³/mol. The van der Waals surface area contributed by atoms with Gasteiger partial charge in [0.2, 0.25) is 0 Å². The van der Waals surface area contributed by atoms with Crippen LogP contribution in [0.25, 0.3) is 0 Å². The number of Topliss-reactive ketones (excluding diaryl/α,β-unsaturated/α-hetero) is 1. The van der Waals surface area contributed by atoms with Gasteiger partial charge in [-0.3, -0.25) is 9.48 Å². The molecule has 5 heteroatoms. The molecule has 0 atom stereocenters. The van der Waals surface area contributed by atoms with E-state index in [-0.39, 0.29) is 5.78 Å². The van der Waals surface area contributed by atoms with Gasteiger partial charge in [-0.1, -0.05) is 20.8 Å². The summed E-state index contributed by atoms with van der Waals surface area (Å²) in [6, 6.07) is 0. The summed E-state index contributed by atoms with van der Waals surface area (Å²) in [4.78, 5) is 12.1. The Kier molecular flexibility index (Phi) is 8.23. The molecular formula is C16H28N2O3. The van der Waals surface area contributed by atoms with Gasteiger partial charge in [0.05, 0.1) is 24.4 Å². The standard InChI is InChI=1S/C16H28N2O3/c1-5-13-16(15(19)7-3)14(6-2)18(17-13)9-12-21-11-8-10-20-4/h5-12H2,1-4H3. The molecule has 0 fully saturated rings. The first-order valence-corrected chi connectivity index (χ1v) is 7.87. The van der Waals surface area contributed by atoms with Gasteiger partial charge in [-0.2, -0.15) is 5.10 Å². The molecule has 0 aliphatic heterocycles. The van der Waals surface area contributed by atoms with E-state index in [4.69, 9.17) is 9.47 Å². The fourth-order valence-electron chi connectivity index (χ4n) is 2.40. The Bertz CT molecular complexity index is 441. The minimum Gasteiger partial charge on any atom is -0.385 e. The molecule has 0 radical (unpaired) electrons. The first-order chi connectivity index (χ1) is 10.2. The van der Waals surface area contributed by atoms with Crippen LogP contribution in [0.2, 0.25) is 0 Å². The zero-order valence-electron chi connectivity index (χ0n) is 13.8. The van der Waals surface area contributed by atoms with Crippen molar-refractivity contribution in [1.82, 2.24) is 9.78 Å². The Labute approximate surface area is 127 Å². The van der Waals surface area contributed by atoms with Crippen molar-refractivity contribution in [2.75, 3.05) is 26.9 Å². The highest BCUT2D eigenvalue weighted by atomic mass is 16.5. The number of ketones is 1. The van der Waals surface area contributed by atoms with E-state index in [9.17, 15) is 4.79 Å². The van der Waals surface area contributed by atoms with Gasteiger partial charge in [0.25, 0.3) is 0 Å². The molecule has 1 aromatic rings. The van der Waals surface area contributed by atoms with E-state index in [0.29, 0.717) is 26.2 Å². The topological polar surface area (TPSA) is 53.4 Å². The molecule has 0 saturated heterocycles. The summed E-state index contributed by atoms with van der Waals surface area (Å²) in [6.45, 7) is 8.73. The van der Waals surface area contributed by atoms with Gasteiger partial charge >= 0.3 is 0 Å². The second-order valence-corrected chi connectivity index (χ2v) is 4.93. The average Bonchev–Trinajstić information content (AvgIpc) is 2.87. The lowest BCUT2D eigenvalue weighted by atomic mass is 10.0. The molecule has 1 heterocycles. The molecule has 0 saturated carbocycles. The Balaban J connectivity index is 2.69. The quantitative estimate of drug-likeness (QED) is 0.465. The number of hydrogen-bond acceptors (Lipinski definition) is 4. The summed E-state index contributed by atoms with van der Waals surface area (Å²) < 4.78 is 12.5. The van der Waals surface area contributed by atoms with Crippen molar-refractivity contribution in [3.8, 4) is 0 Å². The maximum absolute atomic E-state index is 12.1. The Morgan fingerprint density at radius 3 is 2.48 bits per heavy atom. The number of methoxy groups -OCH3 is 1. The van der Waals surface area contributed by atoms with Crippen molar-refractivity contribution in [2.45, 2.75) is 53.0 Å². The van der Waals surface area contributed by atoms with Crippen molar-refractivity contribution in [1.29, 1.82) is 0 Å². The van der Waals surface area contributed by atoms with Crippen LogP contribution in [0.1, 0.15) is 55.4 Å². The highest BCUT2D eigenvalue weighted by Gasteiger charge is 2.20. The lowest BCUT2D eigenvalue weighted by Crippen LogP contribution is -2.12. The van der Waals surface area contributed by atoms with Gasteiger partial charge in [-0.05, 0) is 19.3 Å². The molecule has 5 nitrogen and oxygen atoms in total. The van der Waals surface area contributed by atoms with E-state index in [2.05, 4.69) is 12.0 Å². The number of carbonyl (C=O) groups is 1. The lowest BCUT2D eigenvalue weighted by Gasteiger charge is -2.08. The minimum atomic E-state index is 0.191. The largest absolute Gasteiger partial charge is 0.385 e. The van der Waals surface area contributed by atoms with Crippen molar-refractivity contribution >= 4 is 5.78 Å². The third-order valence-corrected chi connectivity index (χ3v) is 3.48. The molecule has 0 amide bonds. The van der Waals surface area contributed by atoms with Gasteiger partial charge in [0, 0.05) is 32.4 Å². The van der Waals surface area contributed by atoms with Crippen LogP contribution in [-0.2, 0) is 28.9 Å². The lowest BCUT2D eigenvalue weighted by molar-refractivity contribution is 0.0952. The van der Waals surface area contributed by atoms with E-state index in [1.54, 1.807) is 7.11 Å². The minimum absolute atomic E-state index is 0.191. The first-order valence-electron chi connectivity index (χ1n) is 7.87. The molecule has 21 heavy (non-hydrogen) atoms. The third-order valence-electron chi connectivity index (χ3n) is 3.48. The number of aromatic nitrogens is 2. The van der Waals surface area contributed by atoms with E-state index < -0.39 is 0 Å². The predicted octanol–water partition coefficient (Wildman–Crippen LogP) is 2.65. The number of aryl methyl sites for hydroxylation is 1. The van der Waals surface area contributed by atoms with Crippen molar-refractivity contribution in [3.05, 3.63) is 17.0 Å². The Hall–Kier alpha value is -1.20. The highest BCUT2D eigenvalue weighted by Crippen LogP contribution is 2.18. The normalized spacial score (nSPS) is 11.0. The zero-order valence-corrected chi connectivity index (χ0v) is 13.8. The van der Waals surface area contributed by atoms with Gasteiger partial charge in [0.1, 0.15) is 0 Å².